The molecule has 2 rings (SSSR count). The number of rotatable bonds is 11. The van der Waals surface area contributed by atoms with Crippen LogP contribution in [0, 0.1) is 0 Å². The predicted octanol–water partition coefficient (Wildman–Crippen LogP) is 3.52. The summed E-state index contributed by atoms with van der Waals surface area (Å²) < 4.78 is 26.8. The molecule has 0 aliphatic rings. The lowest BCUT2D eigenvalue weighted by Gasteiger charge is -2.15. The van der Waals surface area contributed by atoms with E-state index in [0.717, 1.165) is 5.56 Å². The monoisotopic (exact) mass is 389 g/mol. The molecule has 2 aromatic carbocycles. The molecule has 0 saturated carbocycles. The minimum Gasteiger partial charge on any atom is -0.493 e. The van der Waals surface area contributed by atoms with E-state index in [1.54, 1.807) is 12.1 Å². The number of ether oxygens (including phenoxy) is 5. The fourth-order valence-electron chi connectivity index (χ4n) is 2.67. The highest BCUT2D eigenvalue weighted by atomic mass is 16.5. The Morgan fingerprint density at radius 3 is 2.36 bits per heavy atom. The molecule has 0 spiro atoms. The molecule has 28 heavy (non-hydrogen) atoms. The molecule has 1 amide bonds. The normalized spacial score (nSPS) is 10.4. The number of hydrogen-bond acceptors (Lipinski definition) is 6. The van der Waals surface area contributed by atoms with E-state index in [4.69, 9.17) is 23.7 Å². The third-order valence-electron chi connectivity index (χ3n) is 3.98. The van der Waals surface area contributed by atoms with Crippen molar-refractivity contribution in [3.05, 3.63) is 47.5 Å². The van der Waals surface area contributed by atoms with E-state index < -0.39 is 0 Å². The topological polar surface area (TPSA) is 75.3 Å². The summed E-state index contributed by atoms with van der Waals surface area (Å²) >= 11 is 0. The Balaban J connectivity index is 2.10. The summed E-state index contributed by atoms with van der Waals surface area (Å²) in [6.45, 7) is 4.14. The average Bonchev–Trinajstić information content (AvgIpc) is 2.72. The zero-order valence-corrected chi connectivity index (χ0v) is 16.7. The quantitative estimate of drug-likeness (QED) is 0.593. The largest absolute Gasteiger partial charge is 0.493 e. The van der Waals surface area contributed by atoms with Gasteiger partial charge in [-0.2, -0.15) is 0 Å². The molecule has 0 fully saturated rings. The maximum atomic E-state index is 12.8. The summed E-state index contributed by atoms with van der Waals surface area (Å²) in [7, 11) is 4.50. The number of anilines is 1. The average molecular weight is 389 g/mol. The van der Waals surface area contributed by atoms with Gasteiger partial charge in [-0.15, -0.1) is 0 Å². The molecule has 0 saturated heterocycles. The Morgan fingerprint density at radius 2 is 1.68 bits per heavy atom. The smallest absolute Gasteiger partial charge is 0.259 e. The van der Waals surface area contributed by atoms with Crippen molar-refractivity contribution in [3.63, 3.8) is 0 Å². The third kappa shape index (κ3) is 5.61. The van der Waals surface area contributed by atoms with Crippen molar-refractivity contribution in [1.82, 2.24) is 0 Å². The highest BCUT2D eigenvalue weighted by Crippen LogP contribution is 2.39. The molecule has 0 aliphatic heterocycles. The van der Waals surface area contributed by atoms with Crippen molar-refractivity contribution < 1.29 is 28.5 Å². The lowest BCUT2D eigenvalue weighted by Crippen LogP contribution is -2.14. The molecule has 7 heteroatoms. The van der Waals surface area contributed by atoms with E-state index in [9.17, 15) is 4.79 Å². The number of hydrogen-bond donors (Lipinski definition) is 1. The highest BCUT2D eigenvalue weighted by molar-refractivity contribution is 6.07. The van der Waals surface area contributed by atoms with Crippen molar-refractivity contribution in [2.75, 3.05) is 46.5 Å². The molecule has 0 atom stereocenters. The first-order valence-corrected chi connectivity index (χ1v) is 8.99. The number of nitrogens with one attached hydrogen (secondary N) is 1. The van der Waals surface area contributed by atoms with Crippen LogP contribution in [0.3, 0.4) is 0 Å². The van der Waals surface area contributed by atoms with E-state index >= 15 is 0 Å². The molecule has 0 radical (unpaired) electrons. The van der Waals surface area contributed by atoms with Gasteiger partial charge in [0.25, 0.3) is 5.91 Å². The lowest BCUT2D eigenvalue weighted by molar-refractivity contribution is 0.0453. The number of carbonyl (C=O) groups is 1. The van der Waals surface area contributed by atoms with Crippen LogP contribution < -0.4 is 19.5 Å². The number of methoxy groups -OCH3 is 3. The van der Waals surface area contributed by atoms with Crippen LogP contribution in [0.4, 0.5) is 5.69 Å². The van der Waals surface area contributed by atoms with Crippen molar-refractivity contribution in [3.8, 4) is 17.2 Å². The van der Waals surface area contributed by atoms with E-state index in [1.807, 2.05) is 31.2 Å². The molecule has 1 N–H and O–H groups in total. The van der Waals surface area contributed by atoms with Crippen LogP contribution in [-0.2, 0) is 16.1 Å². The minimum atomic E-state index is -0.313. The summed E-state index contributed by atoms with van der Waals surface area (Å²) in [4.78, 5) is 12.8. The first-order chi connectivity index (χ1) is 13.6. The van der Waals surface area contributed by atoms with Gasteiger partial charge in [-0.25, -0.2) is 0 Å². The molecule has 0 bridgehead atoms. The molecule has 0 heterocycles. The van der Waals surface area contributed by atoms with Gasteiger partial charge in [-0.05, 0) is 36.8 Å². The second kappa shape index (κ2) is 11.2. The van der Waals surface area contributed by atoms with Gasteiger partial charge in [0.15, 0.2) is 11.5 Å². The minimum absolute atomic E-state index is 0.313. The van der Waals surface area contributed by atoms with Gasteiger partial charge in [0.1, 0.15) is 0 Å². The molecule has 0 aromatic heterocycles. The Hall–Kier alpha value is -2.77. The van der Waals surface area contributed by atoms with E-state index in [0.29, 0.717) is 54.9 Å². The van der Waals surface area contributed by atoms with Crippen LogP contribution in [0.5, 0.6) is 17.2 Å². The van der Waals surface area contributed by atoms with Gasteiger partial charge < -0.3 is 29.0 Å². The second-order valence-electron chi connectivity index (χ2n) is 5.79. The SMILES string of the molecule is CCOCCOCc1cccc(NC(=O)c2ccc(OC)c(OC)c2OC)c1. The van der Waals surface area contributed by atoms with Crippen molar-refractivity contribution in [2.24, 2.45) is 0 Å². The van der Waals surface area contributed by atoms with E-state index in [2.05, 4.69) is 5.32 Å². The summed E-state index contributed by atoms with van der Waals surface area (Å²) in [5.74, 6) is 0.859. The van der Waals surface area contributed by atoms with Crippen LogP contribution in [0.15, 0.2) is 36.4 Å². The molecule has 7 nitrogen and oxygen atoms in total. The van der Waals surface area contributed by atoms with Crippen molar-refractivity contribution >= 4 is 11.6 Å². The van der Waals surface area contributed by atoms with Crippen LogP contribution in [0.25, 0.3) is 0 Å². The summed E-state index contributed by atoms with van der Waals surface area (Å²) in [6, 6.07) is 10.8. The van der Waals surface area contributed by atoms with Crippen LogP contribution in [0.1, 0.15) is 22.8 Å². The maximum absolute atomic E-state index is 12.8. The Bertz CT molecular complexity index is 777. The van der Waals surface area contributed by atoms with Crippen molar-refractivity contribution in [2.45, 2.75) is 13.5 Å². The van der Waals surface area contributed by atoms with E-state index in [-0.39, 0.29) is 5.91 Å². The van der Waals surface area contributed by atoms with Gasteiger partial charge >= 0.3 is 0 Å². The second-order valence-corrected chi connectivity index (χ2v) is 5.79. The number of benzene rings is 2. The van der Waals surface area contributed by atoms with Gasteiger partial charge in [0.2, 0.25) is 5.75 Å². The summed E-state index contributed by atoms with van der Waals surface area (Å²) in [6.07, 6.45) is 0. The maximum Gasteiger partial charge on any atom is 0.259 e. The molecule has 0 unspecified atom stereocenters. The summed E-state index contributed by atoms with van der Waals surface area (Å²) in [5, 5.41) is 2.88. The van der Waals surface area contributed by atoms with Gasteiger partial charge in [-0.3, -0.25) is 4.79 Å². The fourth-order valence-corrected chi connectivity index (χ4v) is 2.67. The number of carbonyl (C=O) groups excluding carboxylic acids is 1. The first kappa shape index (κ1) is 21.5. The standard InChI is InChI=1S/C21H27NO6/c1-5-27-11-12-28-14-15-7-6-8-16(13-15)22-21(23)17-9-10-18(24-2)20(26-4)19(17)25-3/h6-10,13H,5,11-12,14H2,1-4H3,(H,22,23). The predicted molar refractivity (Wildman–Crippen MR) is 107 cm³/mol. The molecule has 0 aliphatic carbocycles. The third-order valence-corrected chi connectivity index (χ3v) is 3.98. The van der Waals surface area contributed by atoms with Crippen molar-refractivity contribution in [1.29, 1.82) is 0 Å². The summed E-state index contributed by atoms with van der Waals surface area (Å²) in [5.41, 5.74) is 1.96. The molecule has 2 aromatic rings. The fraction of sp³-hybridized carbons (Fsp3) is 0.381. The van der Waals surface area contributed by atoms with Crippen LogP contribution >= 0.6 is 0 Å². The van der Waals surface area contributed by atoms with Gasteiger partial charge in [0.05, 0.1) is 46.7 Å². The van der Waals surface area contributed by atoms with E-state index in [1.165, 1.54) is 21.3 Å². The Morgan fingerprint density at radius 1 is 0.929 bits per heavy atom. The molecule has 152 valence electrons. The molecular weight excluding hydrogens is 362 g/mol. The number of amides is 1. The first-order valence-electron chi connectivity index (χ1n) is 8.99. The molecular formula is C21H27NO6. The van der Waals surface area contributed by atoms with Gasteiger partial charge in [0, 0.05) is 12.3 Å². The van der Waals surface area contributed by atoms with Crippen LogP contribution in [0.2, 0.25) is 0 Å². The zero-order chi connectivity index (χ0) is 20.4. The highest BCUT2D eigenvalue weighted by Gasteiger charge is 2.20. The Labute approximate surface area is 165 Å². The van der Waals surface area contributed by atoms with Gasteiger partial charge in [-0.1, -0.05) is 12.1 Å². The zero-order valence-electron chi connectivity index (χ0n) is 16.7. The lowest BCUT2D eigenvalue weighted by atomic mass is 10.1. The van der Waals surface area contributed by atoms with Crippen LogP contribution in [-0.4, -0.2) is 47.1 Å². The Kier molecular flexibility index (Phi) is 8.58.